The lowest BCUT2D eigenvalue weighted by Crippen LogP contribution is -2.13. The molecule has 0 bridgehead atoms. The summed E-state index contributed by atoms with van der Waals surface area (Å²) in [4.78, 5) is 4.57. The molecule has 0 N–H and O–H groups in total. The third kappa shape index (κ3) is 2.34. The Bertz CT molecular complexity index is 532. The first-order chi connectivity index (χ1) is 8.86. The molecule has 0 amide bonds. The first-order valence-electron chi connectivity index (χ1n) is 6.44. The van der Waals surface area contributed by atoms with Crippen LogP contribution in [0.15, 0.2) is 24.5 Å². The molecule has 0 saturated carbocycles. The second-order valence-electron chi connectivity index (χ2n) is 4.80. The van der Waals surface area contributed by atoms with Crippen LogP contribution < -0.4 is 4.74 Å². The highest BCUT2D eigenvalue weighted by Gasteiger charge is 2.16. The maximum absolute atomic E-state index is 5.24. The number of thioether (sulfide) groups is 1. The molecule has 1 saturated heterocycles. The van der Waals surface area contributed by atoms with Crippen LogP contribution in [-0.4, -0.2) is 28.0 Å². The van der Waals surface area contributed by atoms with Crippen molar-refractivity contribution in [2.75, 3.05) is 18.6 Å². The Morgan fingerprint density at radius 2 is 2.28 bits per heavy atom. The molecule has 1 fully saturated rings. The molecule has 0 radical (unpaired) electrons. The van der Waals surface area contributed by atoms with Crippen molar-refractivity contribution in [1.29, 1.82) is 0 Å². The molecule has 2 aromatic rings. The Hall–Kier alpha value is -1.16. The molecular weight excluding hydrogens is 244 g/mol. The molecule has 96 valence electrons. The van der Waals surface area contributed by atoms with Crippen LogP contribution in [0.5, 0.6) is 5.75 Å². The van der Waals surface area contributed by atoms with E-state index in [1.165, 1.54) is 30.2 Å². The zero-order valence-electron chi connectivity index (χ0n) is 10.6. The van der Waals surface area contributed by atoms with Gasteiger partial charge in [0.15, 0.2) is 0 Å². The maximum Gasteiger partial charge on any atom is 0.122 e. The van der Waals surface area contributed by atoms with Crippen LogP contribution in [0.2, 0.25) is 0 Å². The summed E-state index contributed by atoms with van der Waals surface area (Å²) in [5.41, 5.74) is 1.12. The SMILES string of the molecule is COc1ccn2c(CC3CCSCC3)ncc2c1. The van der Waals surface area contributed by atoms with Gasteiger partial charge in [0, 0.05) is 18.7 Å². The Morgan fingerprint density at radius 3 is 3.06 bits per heavy atom. The standard InChI is InChI=1S/C14H18N2OS/c1-17-13-2-5-16-12(9-13)10-15-14(16)8-11-3-6-18-7-4-11/h2,5,9-11H,3-4,6-8H2,1H3. The summed E-state index contributed by atoms with van der Waals surface area (Å²) < 4.78 is 7.42. The van der Waals surface area contributed by atoms with Crippen molar-refractivity contribution in [3.63, 3.8) is 0 Å². The number of rotatable bonds is 3. The smallest absolute Gasteiger partial charge is 0.122 e. The molecule has 2 aromatic heterocycles. The van der Waals surface area contributed by atoms with Crippen molar-refractivity contribution in [1.82, 2.24) is 9.38 Å². The van der Waals surface area contributed by atoms with Crippen molar-refractivity contribution in [2.24, 2.45) is 5.92 Å². The molecule has 18 heavy (non-hydrogen) atoms. The van der Waals surface area contributed by atoms with Gasteiger partial charge in [0.25, 0.3) is 0 Å². The predicted molar refractivity (Wildman–Crippen MR) is 75.5 cm³/mol. The van der Waals surface area contributed by atoms with Crippen LogP contribution in [-0.2, 0) is 6.42 Å². The summed E-state index contributed by atoms with van der Waals surface area (Å²) in [6.45, 7) is 0. The molecule has 1 aliphatic heterocycles. The zero-order chi connectivity index (χ0) is 12.4. The van der Waals surface area contributed by atoms with Gasteiger partial charge < -0.3 is 9.14 Å². The van der Waals surface area contributed by atoms with Gasteiger partial charge in [0.05, 0.1) is 18.8 Å². The van der Waals surface area contributed by atoms with E-state index in [2.05, 4.69) is 27.3 Å². The molecular formula is C14H18N2OS. The Labute approximate surface area is 112 Å². The summed E-state index contributed by atoms with van der Waals surface area (Å²) in [5.74, 6) is 5.50. The van der Waals surface area contributed by atoms with E-state index in [0.717, 1.165) is 23.6 Å². The van der Waals surface area contributed by atoms with E-state index in [0.29, 0.717) is 0 Å². The fourth-order valence-electron chi connectivity index (χ4n) is 2.52. The van der Waals surface area contributed by atoms with Crippen molar-refractivity contribution in [3.05, 3.63) is 30.4 Å². The Morgan fingerprint density at radius 1 is 1.44 bits per heavy atom. The Balaban J connectivity index is 1.83. The fraction of sp³-hybridized carbons (Fsp3) is 0.500. The summed E-state index contributed by atoms with van der Waals surface area (Å²) in [6.07, 6.45) is 7.76. The molecule has 0 aromatic carbocycles. The first kappa shape index (κ1) is 11.9. The van der Waals surface area contributed by atoms with E-state index >= 15 is 0 Å². The zero-order valence-corrected chi connectivity index (χ0v) is 11.4. The molecule has 3 nitrogen and oxygen atoms in total. The predicted octanol–water partition coefficient (Wildman–Crippen LogP) is 3.03. The van der Waals surface area contributed by atoms with Gasteiger partial charge in [-0.25, -0.2) is 4.98 Å². The van der Waals surface area contributed by atoms with Gasteiger partial charge in [-0.05, 0) is 36.3 Å². The molecule has 1 aliphatic rings. The second kappa shape index (κ2) is 5.22. The Kier molecular flexibility index (Phi) is 3.46. The van der Waals surface area contributed by atoms with Crippen LogP contribution in [0.1, 0.15) is 18.7 Å². The number of ether oxygens (including phenoxy) is 1. The number of nitrogens with zero attached hydrogens (tertiary/aromatic N) is 2. The summed E-state index contributed by atoms with van der Waals surface area (Å²) >= 11 is 2.08. The molecule has 3 heterocycles. The number of fused-ring (bicyclic) bond motifs is 1. The monoisotopic (exact) mass is 262 g/mol. The second-order valence-corrected chi connectivity index (χ2v) is 6.02. The summed E-state index contributed by atoms with van der Waals surface area (Å²) in [6, 6.07) is 4.03. The normalized spacial score (nSPS) is 17.2. The average molecular weight is 262 g/mol. The van der Waals surface area contributed by atoms with Gasteiger partial charge in [-0.3, -0.25) is 0 Å². The van der Waals surface area contributed by atoms with Crippen molar-refractivity contribution < 1.29 is 4.74 Å². The third-order valence-electron chi connectivity index (χ3n) is 3.63. The van der Waals surface area contributed by atoms with E-state index < -0.39 is 0 Å². The van der Waals surface area contributed by atoms with Crippen molar-refractivity contribution in [2.45, 2.75) is 19.3 Å². The van der Waals surface area contributed by atoms with Gasteiger partial charge >= 0.3 is 0 Å². The number of aromatic nitrogens is 2. The van der Waals surface area contributed by atoms with Crippen LogP contribution in [0.25, 0.3) is 5.52 Å². The average Bonchev–Trinajstić information content (AvgIpc) is 2.82. The summed E-state index contributed by atoms with van der Waals surface area (Å²) in [5, 5.41) is 0. The minimum Gasteiger partial charge on any atom is -0.497 e. The van der Waals surface area contributed by atoms with Crippen molar-refractivity contribution >= 4 is 17.3 Å². The minimum atomic E-state index is 0.805. The van der Waals surface area contributed by atoms with E-state index in [9.17, 15) is 0 Å². The van der Waals surface area contributed by atoms with Crippen LogP contribution in [0, 0.1) is 5.92 Å². The third-order valence-corrected chi connectivity index (χ3v) is 4.68. The largest absolute Gasteiger partial charge is 0.497 e. The van der Waals surface area contributed by atoms with Crippen molar-refractivity contribution in [3.8, 4) is 5.75 Å². The lowest BCUT2D eigenvalue weighted by molar-refractivity contribution is 0.414. The van der Waals surface area contributed by atoms with Gasteiger partial charge in [0.2, 0.25) is 0 Å². The van der Waals surface area contributed by atoms with Gasteiger partial charge in [0.1, 0.15) is 11.6 Å². The van der Waals surface area contributed by atoms with Gasteiger partial charge in [-0.1, -0.05) is 0 Å². The quantitative estimate of drug-likeness (QED) is 0.850. The topological polar surface area (TPSA) is 26.5 Å². The minimum absolute atomic E-state index is 0.805. The van der Waals surface area contributed by atoms with Crippen LogP contribution in [0.4, 0.5) is 0 Å². The molecule has 0 aliphatic carbocycles. The number of pyridine rings is 1. The van der Waals surface area contributed by atoms with E-state index in [1.54, 1.807) is 7.11 Å². The maximum atomic E-state index is 5.24. The number of hydrogen-bond donors (Lipinski definition) is 0. The van der Waals surface area contributed by atoms with Crippen LogP contribution in [0.3, 0.4) is 0 Å². The number of methoxy groups -OCH3 is 1. The molecule has 3 rings (SSSR count). The lowest BCUT2D eigenvalue weighted by atomic mass is 9.98. The van der Waals surface area contributed by atoms with E-state index in [4.69, 9.17) is 4.74 Å². The summed E-state index contributed by atoms with van der Waals surface area (Å²) in [7, 11) is 1.70. The van der Waals surface area contributed by atoms with Gasteiger partial charge in [-0.15, -0.1) is 0 Å². The van der Waals surface area contributed by atoms with E-state index in [1.807, 2.05) is 18.3 Å². The fourth-order valence-corrected chi connectivity index (χ4v) is 3.73. The molecule has 4 heteroatoms. The first-order valence-corrected chi connectivity index (χ1v) is 7.60. The highest BCUT2D eigenvalue weighted by Crippen LogP contribution is 2.26. The number of imidazole rings is 1. The van der Waals surface area contributed by atoms with Gasteiger partial charge in [-0.2, -0.15) is 11.8 Å². The van der Waals surface area contributed by atoms with Crippen LogP contribution >= 0.6 is 11.8 Å². The molecule has 0 unspecified atom stereocenters. The highest BCUT2D eigenvalue weighted by molar-refractivity contribution is 7.99. The van der Waals surface area contributed by atoms with E-state index in [-0.39, 0.29) is 0 Å². The highest BCUT2D eigenvalue weighted by atomic mass is 32.2. The lowest BCUT2D eigenvalue weighted by Gasteiger charge is -2.20. The number of hydrogen-bond acceptors (Lipinski definition) is 3. The molecule has 0 atom stereocenters. The molecule has 0 spiro atoms.